The second kappa shape index (κ2) is 19.6. The fraction of sp³-hybridized carbons (Fsp3) is 0.500. The van der Waals surface area contributed by atoms with E-state index in [-0.39, 0.29) is 18.0 Å². The molecule has 0 amide bonds. The summed E-state index contributed by atoms with van der Waals surface area (Å²) in [6.07, 6.45) is 18.1. The van der Waals surface area contributed by atoms with Crippen molar-refractivity contribution in [1.29, 1.82) is 0 Å². The first kappa shape index (κ1) is 39.1. The highest BCUT2D eigenvalue weighted by molar-refractivity contribution is 9.11. The summed E-state index contributed by atoms with van der Waals surface area (Å²) >= 11 is 11.0. The Hall–Kier alpha value is -2.14. The lowest BCUT2D eigenvalue weighted by Gasteiger charge is -2.10. The Labute approximate surface area is 321 Å². The average molecular weight is 850 g/mol. The summed E-state index contributed by atoms with van der Waals surface area (Å²) in [5, 5.41) is 9.82. The van der Waals surface area contributed by atoms with Crippen molar-refractivity contribution in [3.8, 4) is 32.3 Å². The van der Waals surface area contributed by atoms with E-state index in [9.17, 15) is 0 Å². The van der Waals surface area contributed by atoms with E-state index < -0.39 is 11.6 Å². The summed E-state index contributed by atoms with van der Waals surface area (Å²) in [7, 11) is 0. The first-order chi connectivity index (χ1) is 24.3. The lowest BCUT2D eigenvalue weighted by molar-refractivity contribution is 0.275. The first-order valence-electron chi connectivity index (χ1n) is 18.4. The van der Waals surface area contributed by atoms with Crippen molar-refractivity contribution in [3.63, 3.8) is 0 Å². The van der Waals surface area contributed by atoms with Crippen molar-refractivity contribution >= 4 is 65.6 Å². The highest BCUT2D eigenvalue weighted by Gasteiger charge is 2.22. The number of aryl methyl sites for hydroxylation is 2. The number of nitrogens with zero attached hydrogens (tertiary/aromatic N) is 3. The SMILES string of the molecule is CCCCCCCCOc1c(F)cc(-n2nc3c(-c4cc(CCCCCC)c(Br)s4)ccc(-c4cc(CCCCCC)c(Br)s4)c3n2)cc1F. The van der Waals surface area contributed by atoms with Crippen molar-refractivity contribution in [2.75, 3.05) is 6.61 Å². The molecule has 0 aliphatic heterocycles. The van der Waals surface area contributed by atoms with E-state index in [1.54, 1.807) is 22.7 Å². The first-order valence-corrected chi connectivity index (χ1v) is 21.7. The Kier molecular flexibility index (Phi) is 15.3. The van der Waals surface area contributed by atoms with E-state index in [0.29, 0.717) is 11.0 Å². The van der Waals surface area contributed by atoms with Crippen LogP contribution in [0.3, 0.4) is 0 Å². The number of benzene rings is 2. The van der Waals surface area contributed by atoms with E-state index in [4.69, 9.17) is 14.9 Å². The fourth-order valence-corrected chi connectivity index (χ4v) is 9.86. The Morgan fingerprint density at radius 1 is 0.620 bits per heavy atom. The second-order valence-electron chi connectivity index (χ2n) is 13.1. The summed E-state index contributed by atoms with van der Waals surface area (Å²) < 4.78 is 38.6. The smallest absolute Gasteiger partial charge is 0.190 e. The van der Waals surface area contributed by atoms with Crippen LogP contribution in [0.1, 0.15) is 122 Å². The molecular formula is C40H49Br2F2N3OS2. The number of fused-ring (bicyclic) bond motifs is 1. The Morgan fingerprint density at radius 2 is 1.06 bits per heavy atom. The highest BCUT2D eigenvalue weighted by atomic mass is 79.9. The van der Waals surface area contributed by atoms with Gasteiger partial charge in [-0.1, -0.05) is 104 Å². The van der Waals surface area contributed by atoms with Gasteiger partial charge in [0.2, 0.25) is 0 Å². The van der Waals surface area contributed by atoms with Gasteiger partial charge in [0.15, 0.2) is 17.4 Å². The van der Waals surface area contributed by atoms with Gasteiger partial charge in [-0.25, -0.2) is 8.78 Å². The quantitative estimate of drug-likeness (QED) is 0.0691. The van der Waals surface area contributed by atoms with Crippen LogP contribution in [0.15, 0.2) is 44.0 Å². The molecule has 3 heterocycles. The molecule has 0 aliphatic carbocycles. The molecule has 2 aromatic carbocycles. The Morgan fingerprint density at radius 3 is 1.54 bits per heavy atom. The molecule has 270 valence electrons. The van der Waals surface area contributed by atoms with Gasteiger partial charge in [-0.2, -0.15) is 4.80 Å². The minimum absolute atomic E-state index is 0.216. The van der Waals surface area contributed by atoms with Crippen molar-refractivity contribution in [2.24, 2.45) is 0 Å². The standard InChI is InChI=1S/C40H49Br2F2N3OS2/c1-4-7-10-13-14-17-22-48-38-32(43)25-29(26-33(38)44)47-45-36-30(34-23-27(39(41)49-34)18-15-11-8-5-2)20-21-31(37(36)46-47)35-24-28(40(42)50-35)19-16-12-9-6-3/h20-21,23-26H,4-19,22H2,1-3H3. The lowest BCUT2D eigenvalue weighted by atomic mass is 10.0. The fourth-order valence-electron chi connectivity index (χ4n) is 6.27. The third-order valence-electron chi connectivity index (χ3n) is 9.14. The molecule has 0 spiro atoms. The summed E-state index contributed by atoms with van der Waals surface area (Å²) in [5.74, 6) is -1.85. The Bertz CT molecular complexity index is 1720. The van der Waals surface area contributed by atoms with Gasteiger partial charge in [0.05, 0.1) is 19.9 Å². The van der Waals surface area contributed by atoms with Gasteiger partial charge in [-0.3, -0.25) is 0 Å². The van der Waals surface area contributed by atoms with Gasteiger partial charge in [0, 0.05) is 33.0 Å². The zero-order chi connectivity index (χ0) is 35.5. The van der Waals surface area contributed by atoms with Crippen LogP contribution in [-0.2, 0) is 12.8 Å². The van der Waals surface area contributed by atoms with E-state index in [2.05, 4.69) is 76.9 Å². The van der Waals surface area contributed by atoms with Gasteiger partial charge in [-0.05, 0) is 87.2 Å². The molecule has 0 N–H and O–H groups in total. The van der Waals surface area contributed by atoms with E-state index >= 15 is 8.78 Å². The normalized spacial score (nSPS) is 11.7. The molecule has 3 aromatic heterocycles. The van der Waals surface area contributed by atoms with Crippen LogP contribution < -0.4 is 4.74 Å². The third kappa shape index (κ3) is 10.0. The predicted octanol–water partition coefficient (Wildman–Crippen LogP) is 14.7. The van der Waals surface area contributed by atoms with Crippen molar-refractivity contribution < 1.29 is 13.5 Å². The number of thiophene rings is 2. The zero-order valence-corrected chi connectivity index (χ0v) is 34.4. The van der Waals surface area contributed by atoms with Gasteiger partial charge in [-0.15, -0.1) is 32.9 Å². The van der Waals surface area contributed by atoms with Gasteiger partial charge in [0.1, 0.15) is 11.0 Å². The number of aromatic nitrogens is 3. The molecule has 5 rings (SSSR count). The molecule has 50 heavy (non-hydrogen) atoms. The van der Waals surface area contributed by atoms with Crippen molar-refractivity contribution in [1.82, 2.24) is 15.0 Å². The summed E-state index contributed by atoms with van der Waals surface area (Å²) in [4.78, 5) is 3.54. The van der Waals surface area contributed by atoms with Gasteiger partial charge in [0.25, 0.3) is 0 Å². The molecule has 0 saturated carbocycles. The number of unbranched alkanes of at least 4 members (excludes halogenated alkanes) is 11. The molecule has 0 radical (unpaired) electrons. The van der Waals surface area contributed by atoms with E-state index in [1.807, 2.05) is 0 Å². The maximum absolute atomic E-state index is 15.4. The van der Waals surface area contributed by atoms with Gasteiger partial charge < -0.3 is 4.74 Å². The van der Waals surface area contributed by atoms with Crippen LogP contribution in [-0.4, -0.2) is 21.6 Å². The number of hydrogen-bond donors (Lipinski definition) is 0. The molecule has 0 unspecified atom stereocenters. The molecule has 0 aliphatic rings. The number of rotatable bonds is 21. The van der Waals surface area contributed by atoms with E-state index in [1.165, 1.54) is 85.8 Å². The van der Waals surface area contributed by atoms with Crippen LogP contribution in [0.4, 0.5) is 8.78 Å². The zero-order valence-electron chi connectivity index (χ0n) is 29.6. The molecule has 5 aromatic rings. The molecule has 4 nitrogen and oxygen atoms in total. The molecule has 0 bridgehead atoms. The van der Waals surface area contributed by atoms with Gasteiger partial charge >= 0.3 is 0 Å². The highest BCUT2D eigenvalue weighted by Crippen LogP contribution is 2.43. The molecule has 0 saturated heterocycles. The lowest BCUT2D eigenvalue weighted by Crippen LogP contribution is -2.05. The van der Waals surface area contributed by atoms with E-state index in [0.717, 1.165) is 73.4 Å². The average Bonchev–Trinajstić information content (AvgIpc) is 3.82. The minimum Gasteiger partial charge on any atom is -0.488 e. The van der Waals surface area contributed by atoms with Crippen LogP contribution in [0.25, 0.3) is 37.6 Å². The maximum Gasteiger partial charge on any atom is 0.190 e. The molecular weight excluding hydrogens is 800 g/mol. The summed E-state index contributed by atoms with van der Waals surface area (Å²) in [6, 6.07) is 11.3. The number of ether oxygens (including phenoxy) is 1. The van der Waals surface area contributed by atoms with Crippen LogP contribution in [0.5, 0.6) is 5.75 Å². The number of hydrogen-bond acceptors (Lipinski definition) is 5. The molecule has 0 atom stereocenters. The topological polar surface area (TPSA) is 39.9 Å². The van der Waals surface area contributed by atoms with Crippen molar-refractivity contribution in [3.05, 3.63) is 66.7 Å². The van der Waals surface area contributed by atoms with Crippen LogP contribution in [0, 0.1) is 11.6 Å². The largest absolute Gasteiger partial charge is 0.488 e. The predicted molar refractivity (Wildman–Crippen MR) is 215 cm³/mol. The van der Waals surface area contributed by atoms with Crippen LogP contribution >= 0.6 is 54.5 Å². The van der Waals surface area contributed by atoms with Crippen molar-refractivity contribution in [2.45, 2.75) is 124 Å². The third-order valence-corrected chi connectivity index (χ3v) is 13.1. The summed E-state index contributed by atoms with van der Waals surface area (Å²) in [6.45, 7) is 6.92. The Balaban J connectivity index is 1.48. The summed E-state index contributed by atoms with van der Waals surface area (Å²) in [5.41, 5.74) is 6.11. The molecule has 0 fully saturated rings. The second-order valence-corrected chi connectivity index (χ2v) is 17.9. The monoisotopic (exact) mass is 847 g/mol. The maximum atomic E-state index is 15.4. The van der Waals surface area contributed by atoms with Crippen LogP contribution in [0.2, 0.25) is 0 Å². The minimum atomic E-state index is -0.752. The molecule has 10 heteroatoms. The number of halogens is 4.